The summed E-state index contributed by atoms with van der Waals surface area (Å²) in [5.41, 5.74) is 1.45. The van der Waals surface area contributed by atoms with Crippen LogP contribution in [0.3, 0.4) is 0 Å². The first-order chi connectivity index (χ1) is 17.3. The van der Waals surface area contributed by atoms with E-state index < -0.39 is 11.7 Å². The van der Waals surface area contributed by atoms with Gasteiger partial charge >= 0.3 is 6.18 Å². The van der Waals surface area contributed by atoms with Crippen molar-refractivity contribution in [1.29, 1.82) is 0 Å². The van der Waals surface area contributed by atoms with Gasteiger partial charge in [-0.2, -0.15) is 18.2 Å². The molecule has 0 radical (unpaired) electrons. The Labute approximate surface area is 210 Å². The number of aromatic nitrogens is 2. The Kier molecular flexibility index (Phi) is 6.40. The first kappa shape index (κ1) is 23.9. The number of alkyl halides is 3. The second kappa shape index (κ2) is 9.66. The largest absolute Gasteiger partial charge is 0.416 e. The van der Waals surface area contributed by atoms with E-state index in [0.717, 1.165) is 28.6 Å². The molecule has 1 amide bonds. The van der Waals surface area contributed by atoms with Crippen LogP contribution in [-0.4, -0.2) is 35.5 Å². The molecule has 0 bridgehead atoms. The van der Waals surface area contributed by atoms with E-state index in [9.17, 15) is 18.0 Å². The van der Waals surface area contributed by atoms with Crippen molar-refractivity contribution in [3.63, 3.8) is 0 Å². The molecule has 0 unspecified atom stereocenters. The highest BCUT2D eigenvalue weighted by Gasteiger charge is 2.31. The second-order valence-electron chi connectivity index (χ2n) is 8.38. The number of halogens is 4. The molecule has 0 saturated carbocycles. The third-order valence-corrected chi connectivity index (χ3v) is 6.23. The van der Waals surface area contributed by atoms with E-state index in [1.54, 1.807) is 4.90 Å². The van der Waals surface area contributed by atoms with Gasteiger partial charge in [-0.1, -0.05) is 35.9 Å². The van der Waals surface area contributed by atoms with E-state index in [1.807, 2.05) is 48.5 Å². The zero-order chi connectivity index (χ0) is 25.3. The number of nitrogens with zero attached hydrogens (tertiary/aromatic N) is 4. The molecule has 4 aromatic rings. The van der Waals surface area contributed by atoms with E-state index in [4.69, 9.17) is 16.6 Å². The van der Waals surface area contributed by atoms with Gasteiger partial charge in [-0.25, -0.2) is 4.98 Å². The number of carbonyl (C=O) groups is 1. The molecule has 1 aliphatic heterocycles. The smallest absolute Gasteiger partial charge is 0.365 e. The molecule has 1 fully saturated rings. The highest BCUT2D eigenvalue weighted by atomic mass is 35.5. The van der Waals surface area contributed by atoms with E-state index in [0.29, 0.717) is 42.1 Å². The van der Waals surface area contributed by atoms with E-state index in [2.05, 4.69) is 10.3 Å². The maximum absolute atomic E-state index is 12.9. The molecule has 1 aromatic heterocycles. The van der Waals surface area contributed by atoms with Crippen molar-refractivity contribution < 1.29 is 18.0 Å². The number of piperazine rings is 1. The fourth-order valence-electron chi connectivity index (χ4n) is 4.08. The van der Waals surface area contributed by atoms with Gasteiger partial charge in [0, 0.05) is 35.7 Å². The molecule has 0 atom stereocenters. The monoisotopic (exact) mass is 511 g/mol. The lowest BCUT2D eigenvalue weighted by molar-refractivity contribution is -0.137. The molecule has 0 aliphatic carbocycles. The van der Waals surface area contributed by atoms with Crippen LogP contribution in [0.4, 0.5) is 30.6 Å². The molecule has 5 rings (SSSR count). The molecule has 6 nitrogen and oxygen atoms in total. The van der Waals surface area contributed by atoms with Gasteiger partial charge in [0.15, 0.2) is 0 Å². The number of rotatable bonds is 5. The minimum atomic E-state index is -4.42. The van der Waals surface area contributed by atoms with Gasteiger partial charge in [-0.3, -0.25) is 4.79 Å². The lowest BCUT2D eigenvalue weighted by Gasteiger charge is -2.34. The first-order valence-electron chi connectivity index (χ1n) is 11.3. The molecule has 184 valence electrons. The highest BCUT2D eigenvalue weighted by molar-refractivity contribution is 6.30. The van der Waals surface area contributed by atoms with Crippen LogP contribution in [0.5, 0.6) is 0 Å². The number of nitrogens with one attached hydrogen (secondary N) is 1. The fourth-order valence-corrected chi connectivity index (χ4v) is 4.20. The predicted molar refractivity (Wildman–Crippen MR) is 134 cm³/mol. The Morgan fingerprint density at radius 2 is 1.64 bits per heavy atom. The number of amides is 1. The van der Waals surface area contributed by atoms with Crippen LogP contribution < -0.4 is 15.1 Å². The molecule has 10 heteroatoms. The number of hydrogen-bond acceptors (Lipinski definition) is 5. The molecule has 36 heavy (non-hydrogen) atoms. The summed E-state index contributed by atoms with van der Waals surface area (Å²) in [7, 11) is 0. The number of carbonyl (C=O) groups excluding carboxylic acids is 1. The molecule has 1 saturated heterocycles. The summed E-state index contributed by atoms with van der Waals surface area (Å²) in [6.07, 6.45) is -4.42. The highest BCUT2D eigenvalue weighted by Crippen LogP contribution is 2.31. The van der Waals surface area contributed by atoms with Crippen molar-refractivity contribution in [2.75, 3.05) is 34.8 Å². The van der Waals surface area contributed by atoms with Gasteiger partial charge in [0.1, 0.15) is 12.4 Å². The second-order valence-corrected chi connectivity index (χ2v) is 8.82. The predicted octanol–water partition coefficient (Wildman–Crippen LogP) is 5.77. The number of anilines is 3. The quantitative estimate of drug-likeness (QED) is 0.369. The van der Waals surface area contributed by atoms with Gasteiger partial charge in [0.2, 0.25) is 11.9 Å². The van der Waals surface area contributed by atoms with Gasteiger partial charge in [0.25, 0.3) is 0 Å². The van der Waals surface area contributed by atoms with Crippen molar-refractivity contribution in [1.82, 2.24) is 9.97 Å². The molecular weight excluding hydrogens is 491 g/mol. The molecule has 3 aromatic carbocycles. The standard InChI is InChI=1S/C26H21ClF3N5O/c27-19-9-5-17(6-10-19)15-31-24-21-3-1-2-4-22(21)32-25(33-24)34-13-14-35(23(36)16-34)20-11-7-18(8-12-20)26(28,29)30/h1-12H,13-16H2,(H,31,32,33). The Bertz CT molecular complexity index is 1390. The summed E-state index contributed by atoms with van der Waals surface area (Å²) in [6.45, 7) is 1.27. The Morgan fingerprint density at radius 3 is 2.33 bits per heavy atom. The zero-order valence-corrected chi connectivity index (χ0v) is 19.7. The molecule has 1 N–H and O–H groups in total. The van der Waals surface area contributed by atoms with Crippen molar-refractivity contribution >= 4 is 45.9 Å². The van der Waals surface area contributed by atoms with Gasteiger partial charge in [-0.05, 0) is 54.1 Å². The lowest BCUT2D eigenvalue weighted by atomic mass is 10.1. The average Bonchev–Trinajstić information content (AvgIpc) is 2.87. The molecule has 2 heterocycles. The maximum atomic E-state index is 12.9. The number of benzene rings is 3. The normalized spacial score (nSPS) is 14.4. The summed E-state index contributed by atoms with van der Waals surface area (Å²) in [5, 5.41) is 4.87. The molecular formula is C26H21ClF3N5O. The SMILES string of the molecule is O=C1CN(c2nc(NCc3ccc(Cl)cc3)c3ccccc3n2)CCN1c1ccc(C(F)(F)F)cc1. The summed E-state index contributed by atoms with van der Waals surface area (Å²) in [6, 6.07) is 19.7. The van der Waals surface area contributed by atoms with Crippen molar-refractivity contribution in [3.8, 4) is 0 Å². The summed E-state index contributed by atoms with van der Waals surface area (Å²) < 4.78 is 38.6. The minimum Gasteiger partial charge on any atom is -0.365 e. The van der Waals surface area contributed by atoms with Gasteiger partial charge < -0.3 is 15.1 Å². The van der Waals surface area contributed by atoms with Gasteiger partial charge in [0.05, 0.1) is 11.1 Å². The van der Waals surface area contributed by atoms with Crippen LogP contribution in [0, 0.1) is 0 Å². The third-order valence-electron chi connectivity index (χ3n) is 5.97. The third kappa shape index (κ3) is 5.06. The number of para-hydroxylation sites is 1. The van der Waals surface area contributed by atoms with Crippen molar-refractivity contribution in [2.45, 2.75) is 12.7 Å². The number of fused-ring (bicyclic) bond motifs is 1. The fraction of sp³-hybridized carbons (Fsp3) is 0.192. The lowest BCUT2D eigenvalue weighted by Crippen LogP contribution is -2.51. The van der Waals surface area contributed by atoms with Crippen LogP contribution in [0.15, 0.2) is 72.8 Å². The van der Waals surface area contributed by atoms with Crippen molar-refractivity contribution in [2.24, 2.45) is 0 Å². The van der Waals surface area contributed by atoms with Crippen LogP contribution in [-0.2, 0) is 17.5 Å². The summed E-state index contributed by atoms with van der Waals surface area (Å²) in [4.78, 5) is 25.6. The summed E-state index contributed by atoms with van der Waals surface area (Å²) in [5.74, 6) is 0.810. The Hall–Kier alpha value is -3.85. The van der Waals surface area contributed by atoms with E-state index in [1.165, 1.54) is 17.0 Å². The Morgan fingerprint density at radius 1 is 0.917 bits per heavy atom. The van der Waals surface area contributed by atoms with Crippen LogP contribution in [0.25, 0.3) is 10.9 Å². The topological polar surface area (TPSA) is 61.4 Å². The average molecular weight is 512 g/mol. The van der Waals surface area contributed by atoms with Gasteiger partial charge in [-0.15, -0.1) is 0 Å². The van der Waals surface area contributed by atoms with Crippen LogP contribution in [0.1, 0.15) is 11.1 Å². The number of hydrogen-bond donors (Lipinski definition) is 1. The molecule has 1 aliphatic rings. The van der Waals surface area contributed by atoms with E-state index in [-0.39, 0.29) is 12.5 Å². The van der Waals surface area contributed by atoms with E-state index >= 15 is 0 Å². The Balaban J connectivity index is 1.35. The summed E-state index contributed by atoms with van der Waals surface area (Å²) >= 11 is 5.98. The minimum absolute atomic E-state index is 0.00991. The maximum Gasteiger partial charge on any atom is 0.416 e. The first-order valence-corrected chi connectivity index (χ1v) is 11.6. The van der Waals surface area contributed by atoms with Crippen molar-refractivity contribution in [3.05, 3.63) is 88.9 Å². The van der Waals surface area contributed by atoms with Crippen LogP contribution >= 0.6 is 11.6 Å². The van der Waals surface area contributed by atoms with Crippen LogP contribution in [0.2, 0.25) is 5.02 Å². The zero-order valence-electron chi connectivity index (χ0n) is 19.0. The molecule has 0 spiro atoms.